The minimum Gasteiger partial charge on any atom is -0.289 e. The van der Waals surface area contributed by atoms with Crippen molar-refractivity contribution in [1.29, 1.82) is 21.0 Å². The molecule has 0 spiro atoms. The van der Waals surface area contributed by atoms with Gasteiger partial charge in [0.05, 0.1) is 0 Å². The van der Waals surface area contributed by atoms with Crippen LogP contribution in [0.3, 0.4) is 0 Å². The lowest BCUT2D eigenvalue weighted by Crippen LogP contribution is -2.01. The van der Waals surface area contributed by atoms with Gasteiger partial charge >= 0.3 is 0 Å². The maximum atomic E-state index is 14.6. The van der Waals surface area contributed by atoms with Gasteiger partial charge in [0.25, 0.3) is 0 Å². The van der Waals surface area contributed by atoms with Gasteiger partial charge in [-0.25, -0.2) is 0 Å². The maximum absolute atomic E-state index is 14.6. The molecule has 0 amide bonds. The van der Waals surface area contributed by atoms with E-state index in [1.54, 1.807) is 22.7 Å². The van der Waals surface area contributed by atoms with Crippen molar-refractivity contribution in [2.24, 2.45) is 11.8 Å². The molecule has 2 aliphatic carbocycles. The monoisotopic (exact) mass is 1490 g/mol. The van der Waals surface area contributed by atoms with E-state index in [2.05, 4.69) is 114 Å². The van der Waals surface area contributed by atoms with Crippen LogP contribution in [0.25, 0.3) is 83.9 Å². The summed E-state index contributed by atoms with van der Waals surface area (Å²) >= 11 is 11.2. The smallest absolute Gasteiger partial charge is 0.194 e. The van der Waals surface area contributed by atoms with Gasteiger partial charge in [0, 0.05) is 113 Å². The number of hydrogen-bond acceptors (Lipinski definition) is 12. The van der Waals surface area contributed by atoms with Crippen molar-refractivity contribution in [3.63, 3.8) is 0 Å². The van der Waals surface area contributed by atoms with E-state index in [9.17, 15) is 30.6 Å². The number of carbonyl (C=O) groups is 2. The number of ketones is 2. The number of fused-ring (bicyclic) bond motifs is 4. The molecule has 104 heavy (non-hydrogen) atoms. The van der Waals surface area contributed by atoms with Crippen molar-refractivity contribution in [3.05, 3.63) is 172 Å². The number of thiophene rings is 6. The van der Waals surface area contributed by atoms with Crippen molar-refractivity contribution in [1.82, 2.24) is 0 Å². The molecule has 0 aliphatic heterocycles. The first-order valence-electron chi connectivity index (χ1n) is 39.3. The van der Waals surface area contributed by atoms with Gasteiger partial charge in [0.2, 0.25) is 0 Å². The molecule has 11 rings (SSSR count). The van der Waals surface area contributed by atoms with Crippen LogP contribution in [0.2, 0.25) is 0 Å². The Morgan fingerprint density at radius 3 is 1.08 bits per heavy atom. The molecule has 0 bridgehead atoms. The minimum atomic E-state index is -0.162. The molecule has 6 nitrogen and oxygen atoms in total. The number of aryl methyl sites for hydroxylation is 2. The molecule has 6 aromatic heterocycles. The van der Waals surface area contributed by atoms with Crippen LogP contribution >= 0.6 is 68.0 Å². The van der Waals surface area contributed by atoms with Crippen LogP contribution in [-0.2, 0) is 25.7 Å². The lowest BCUT2D eigenvalue weighted by molar-refractivity contribution is 0.103. The van der Waals surface area contributed by atoms with Crippen LogP contribution in [0.5, 0.6) is 0 Å². The zero-order valence-corrected chi connectivity index (χ0v) is 67.1. The summed E-state index contributed by atoms with van der Waals surface area (Å²) in [6.45, 7) is 13.9. The molecule has 0 radical (unpaired) electrons. The summed E-state index contributed by atoms with van der Waals surface area (Å²) in [5.74, 6) is 0.897. The highest BCUT2D eigenvalue weighted by Crippen LogP contribution is 2.57. The topological polar surface area (TPSA) is 129 Å². The second kappa shape index (κ2) is 38.8. The summed E-state index contributed by atoms with van der Waals surface area (Å²) in [5, 5.41) is 44.1. The number of carbonyl (C=O) groups excluding carboxylic acids is 2. The molecular weight excluding hydrogens is 1390 g/mol. The largest absolute Gasteiger partial charge is 0.289 e. The Morgan fingerprint density at radius 1 is 0.385 bits per heavy atom. The van der Waals surface area contributed by atoms with Gasteiger partial charge in [-0.2, -0.15) is 21.0 Å². The fraction of sp³-hybridized carbons (Fsp3) is 0.435. The van der Waals surface area contributed by atoms with E-state index >= 15 is 0 Å². The number of benzene rings is 3. The maximum Gasteiger partial charge on any atom is 0.194 e. The third kappa shape index (κ3) is 18.4. The number of rotatable bonds is 40. The van der Waals surface area contributed by atoms with Crippen molar-refractivity contribution < 1.29 is 9.59 Å². The highest BCUT2D eigenvalue weighted by atomic mass is 32.1. The van der Waals surface area contributed by atoms with Gasteiger partial charge in [-0.3, -0.25) is 9.59 Å². The first kappa shape index (κ1) is 77.7. The van der Waals surface area contributed by atoms with Crippen molar-refractivity contribution in [2.45, 2.75) is 247 Å². The van der Waals surface area contributed by atoms with Crippen LogP contribution in [0, 0.1) is 57.2 Å². The third-order valence-corrected chi connectivity index (χ3v) is 28.6. The normalized spacial score (nSPS) is 14.1. The van der Waals surface area contributed by atoms with E-state index < -0.39 is 0 Å². The summed E-state index contributed by atoms with van der Waals surface area (Å²) in [6, 6.07) is 42.6. The first-order valence-corrected chi connectivity index (χ1v) is 44.2. The molecule has 2 unspecified atom stereocenters. The van der Waals surface area contributed by atoms with E-state index in [1.807, 2.05) is 106 Å². The second-order valence-corrected chi connectivity index (χ2v) is 35.5. The molecule has 3 aromatic carbocycles. The molecule has 0 saturated carbocycles. The Bertz CT molecular complexity index is 4410. The lowest BCUT2D eigenvalue weighted by atomic mass is 9.95. The number of hydrogen-bond donors (Lipinski definition) is 0. The van der Waals surface area contributed by atoms with Gasteiger partial charge in [-0.05, 0) is 133 Å². The van der Waals surface area contributed by atoms with E-state index in [-0.39, 0.29) is 22.7 Å². The fourth-order valence-corrected chi connectivity index (χ4v) is 23.2. The summed E-state index contributed by atoms with van der Waals surface area (Å²) in [7, 11) is 0. The Kier molecular flexibility index (Phi) is 29.0. The summed E-state index contributed by atoms with van der Waals surface area (Å²) in [4.78, 5) is 41.2. The molecule has 538 valence electrons. The predicted molar refractivity (Wildman–Crippen MR) is 449 cm³/mol. The number of allylic oxidation sites excluding steroid dienone is 6. The number of nitrogens with zero attached hydrogens (tertiary/aromatic N) is 4. The predicted octanol–water partition coefficient (Wildman–Crippen LogP) is 29.6. The molecule has 12 heteroatoms. The van der Waals surface area contributed by atoms with E-state index in [1.165, 1.54) is 223 Å². The van der Waals surface area contributed by atoms with Gasteiger partial charge < -0.3 is 0 Å². The number of Topliss-reactive ketones (excluding diaryl/α,β-unsaturated/α-hetero) is 2. The number of unbranched alkanes of at least 4 members (excludes halogenated alkanes) is 20. The van der Waals surface area contributed by atoms with Crippen molar-refractivity contribution >= 4 is 123 Å². The van der Waals surface area contributed by atoms with E-state index in [4.69, 9.17) is 0 Å². The van der Waals surface area contributed by atoms with Crippen LogP contribution in [0.15, 0.2) is 119 Å². The Balaban J connectivity index is 1.11. The Morgan fingerprint density at radius 2 is 0.731 bits per heavy atom. The molecule has 2 aliphatic rings. The summed E-state index contributed by atoms with van der Waals surface area (Å²) in [6.07, 6.45) is 42.3. The highest BCUT2D eigenvalue weighted by Gasteiger charge is 2.35. The zero-order valence-electron chi connectivity index (χ0n) is 62.2. The summed E-state index contributed by atoms with van der Waals surface area (Å²) in [5.41, 5.74) is 8.91. The van der Waals surface area contributed by atoms with Gasteiger partial charge in [0.15, 0.2) is 11.6 Å². The highest BCUT2D eigenvalue weighted by molar-refractivity contribution is 7.29. The van der Waals surface area contributed by atoms with E-state index in [0.717, 1.165) is 74.0 Å². The SMILES string of the molecule is CCCCCCCCCCCCc1cc(/C=C2\C(=O)c3ccccc3C2=C(C#N)C#N)sc1-c1cc2c(-c3ccc(CC(CC)CCCC)s3)c3sc(-c4sc(/C=C5\C(=O)c6ccccc6C5=C(C#N)C#N)cc4CCCCCCCCCCCC)cc3c(-c3ccc(CC(CC)CCCC)s3)c2s1. The average molecular weight is 1490 g/mol. The fourth-order valence-electron chi connectivity index (χ4n) is 15.6. The van der Waals surface area contributed by atoms with Crippen LogP contribution in [-0.4, -0.2) is 11.6 Å². The first-order chi connectivity index (χ1) is 51.0. The Hall–Kier alpha value is -7.36. The second-order valence-electron chi connectivity index (χ2n) is 28.9. The molecule has 0 N–H and O–H groups in total. The average Bonchev–Trinajstić information content (AvgIpc) is 1.55. The molecule has 0 fully saturated rings. The van der Waals surface area contributed by atoms with Gasteiger partial charge in [0.1, 0.15) is 35.4 Å². The quantitative estimate of drug-likeness (QED) is 0.0214. The molecule has 9 aromatic rings. The van der Waals surface area contributed by atoms with Gasteiger partial charge in [-0.15, -0.1) is 68.0 Å². The number of nitriles is 4. The molecule has 0 saturated heterocycles. The van der Waals surface area contributed by atoms with Gasteiger partial charge in [-0.1, -0.05) is 257 Å². The van der Waals surface area contributed by atoms with Crippen molar-refractivity contribution in [2.75, 3.05) is 0 Å². The summed E-state index contributed by atoms with van der Waals surface area (Å²) < 4.78 is 2.54. The van der Waals surface area contributed by atoms with Crippen LogP contribution in [0.4, 0.5) is 0 Å². The Labute approximate surface area is 644 Å². The van der Waals surface area contributed by atoms with Crippen LogP contribution < -0.4 is 0 Å². The van der Waals surface area contributed by atoms with Crippen LogP contribution in [0.1, 0.15) is 284 Å². The third-order valence-electron chi connectivity index (χ3n) is 21.5. The zero-order chi connectivity index (χ0) is 72.9. The lowest BCUT2D eigenvalue weighted by Gasteiger charge is -2.13. The standard InChI is InChI=1S/C92H102N4O2S6/c1-7-13-17-19-21-23-25-27-29-31-39-63-51-69(53-75-83(65(57-93)58-94)71-41-33-35-43-73(71)87(75)97)101-89(63)81-55-77-85(79-47-45-67(99-79)49-61(11-5)37-15-9-3)92-78(86(91(77)103-81)80-48-46-68(100-80)50-62(12-6)38-16-10-4)56-82(104-92)90-64(40-32-30-28-26-24-22-20-18-14-8-2)52-70(102-90)54-76-84(66(59-95)60-96)72-42-34-36-44-74(72)88(76)98/h33-36,41-48,51-56,61-62H,7-32,37-40,49-50H2,1-6H3/b75-53-,76-54-. The minimum absolute atomic E-state index is 0.0531. The molecule has 2 atom stereocenters. The molecular formula is C92H102N4O2S6. The molecule has 6 heterocycles. The van der Waals surface area contributed by atoms with Crippen molar-refractivity contribution in [3.8, 4) is 64.7 Å². The van der Waals surface area contributed by atoms with E-state index in [0.29, 0.717) is 56.4 Å².